The van der Waals surface area contributed by atoms with Gasteiger partial charge >= 0.3 is 0 Å². The molecule has 1 amide bonds. The normalized spacial score (nSPS) is 14.9. The third kappa shape index (κ3) is 5.86. The summed E-state index contributed by atoms with van der Waals surface area (Å²) >= 11 is 0. The molecular weight excluding hydrogens is 432 g/mol. The number of nitrogens with one attached hydrogen (secondary N) is 1. The van der Waals surface area contributed by atoms with Crippen molar-refractivity contribution in [3.8, 4) is 11.5 Å². The topological polar surface area (TPSA) is 102 Å². The van der Waals surface area contributed by atoms with Crippen molar-refractivity contribution < 1.29 is 27.5 Å². The zero-order valence-corrected chi connectivity index (χ0v) is 19.1. The fraction of sp³-hybridized carbons (Fsp3) is 0.391. The first-order chi connectivity index (χ1) is 15.3. The first-order valence-corrected chi connectivity index (χ1v) is 12.0. The Balaban J connectivity index is 1.67. The smallest absolute Gasteiger partial charge is 0.262 e. The van der Waals surface area contributed by atoms with Crippen LogP contribution >= 0.6 is 0 Å². The fourth-order valence-corrected chi connectivity index (χ4v) is 5.11. The highest BCUT2D eigenvalue weighted by atomic mass is 32.2. The molecule has 1 fully saturated rings. The number of hydrogen-bond donors (Lipinski definition) is 1. The molecule has 0 aliphatic carbocycles. The predicted octanol–water partition coefficient (Wildman–Crippen LogP) is 3.48. The average Bonchev–Trinajstić information content (AvgIpc) is 3.08. The summed E-state index contributed by atoms with van der Waals surface area (Å²) < 4.78 is 38.1. The van der Waals surface area contributed by atoms with Crippen molar-refractivity contribution in [3.63, 3.8) is 0 Å². The number of ketones is 1. The molecule has 2 aromatic rings. The molecule has 1 aliphatic rings. The molecule has 0 unspecified atom stereocenters. The lowest BCUT2D eigenvalue weighted by atomic mass is 10.1. The first-order valence-electron chi connectivity index (χ1n) is 10.5. The molecule has 1 N–H and O–H groups in total. The van der Waals surface area contributed by atoms with Gasteiger partial charge in [0, 0.05) is 18.8 Å². The molecule has 8 nitrogen and oxygen atoms in total. The second-order valence-electron chi connectivity index (χ2n) is 7.60. The average molecular weight is 461 g/mol. The Kier molecular flexibility index (Phi) is 7.87. The van der Waals surface area contributed by atoms with E-state index in [1.165, 1.54) is 30.5 Å². The minimum Gasteiger partial charge on any atom is -0.497 e. The number of Topliss-reactive ketones (excluding diaryl/α,β-unsaturated/α-hetero) is 1. The molecule has 172 valence electrons. The largest absolute Gasteiger partial charge is 0.497 e. The van der Waals surface area contributed by atoms with Crippen LogP contribution in [-0.2, 0) is 14.8 Å². The molecule has 0 bridgehead atoms. The predicted molar refractivity (Wildman–Crippen MR) is 121 cm³/mol. The number of nitrogens with zero attached hydrogens (tertiary/aromatic N) is 1. The van der Waals surface area contributed by atoms with Crippen molar-refractivity contribution in [2.75, 3.05) is 32.1 Å². The van der Waals surface area contributed by atoms with Gasteiger partial charge in [-0.1, -0.05) is 18.9 Å². The van der Waals surface area contributed by atoms with Crippen LogP contribution in [0.3, 0.4) is 0 Å². The van der Waals surface area contributed by atoms with Crippen LogP contribution in [0.2, 0.25) is 0 Å². The summed E-state index contributed by atoms with van der Waals surface area (Å²) in [6.45, 7) is 2.08. The maximum absolute atomic E-state index is 13.0. The maximum atomic E-state index is 13.0. The van der Waals surface area contributed by atoms with Gasteiger partial charge in [0.1, 0.15) is 11.5 Å². The maximum Gasteiger partial charge on any atom is 0.262 e. The number of anilines is 1. The molecule has 0 radical (unpaired) electrons. The van der Waals surface area contributed by atoms with Crippen LogP contribution in [0.25, 0.3) is 0 Å². The Morgan fingerprint density at radius 1 is 1.03 bits per heavy atom. The highest BCUT2D eigenvalue weighted by Crippen LogP contribution is 2.25. The molecule has 32 heavy (non-hydrogen) atoms. The van der Waals surface area contributed by atoms with E-state index in [0.29, 0.717) is 30.1 Å². The highest BCUT2D eigenvalue weighted by Gasteiger charge is 2.25. The van der Waals surface area contributed by atoms with Crippen molar-refractivity contribution >= 4 is 27.4 Å². The van der Waals surface area contributed by atoms with Gasteiger partial charge in [0.25, 0.3) is 5.91 Å². The number of hydrogen-bond acceptors (Lipinski definition) is 6. The molecule has 1 heterocycles. The van der Waals surface area contributed by atoms with Crippen LogP contribution in [0.5, 0.6) is 11.5 Å². The molecular formula is C23H28N2O6S. The summed E-state index contributed by atoms with van der Waals surface area (Å²) in [7, 11) is -2.12. The summed E-state index contributed by atoms with van der Waals surface area (Å²) in [5.41, 5.74) is 0.665. The highest BCUT2D eigenvalue weighted by molar-refractivity contribution is 7.89. The van der Waals surface area contributed by atoms with Crippen LogP contribution in [0, 0.1) is 0 Å². The van der Waals surface area contributed by atoms with Crippen LogP contribution in [0.1, 0.15) is 43.0 Å². The number of carbonyl (C=O) groups excluding carboxylic acids is 2. The number of ether oxygens (including phenoxy) is 2. The van der Waals surface area contributed by atoms with E-state index in [1.54, 1.807) is 30.3 Å². The van der Waals surface area contributed by atoms with Gasteiger partial charge in [-0.3, -0.25) is 9.59 Å². The fourth-order valence-electron chi connectivity index (χ4n) is 3.54. The standard InChI is InChI=1S/C23H28N2O6S/c1-17(26)21-15-19(30-2)10-11-22(21)31-16-23(27)24-18-8-7-9-20(14-18)32(28,29)25-12-5-3-4-6-13-25/h7-11,14-15H,3-6,12-13,16H2,1-2H3,(H,24,27). The van der Waals surface area contributed by atoms with Crippen LogP contribution in [-0.4, -0.2) is 51.2 Å². The van der Waals surface area contributed by atoms with Gasteiger partial charge in [-0.15, -0.1) is 0 Å². The minimum atomic E-state index is -3.62. The van der Waals surface area contributed by atoms with E-state index >= 15 is 0 Å². The van der Waals surface area contributed by atoms with Gasteiger partial charge < -0.3 is 14.8 Å². The molecule has 0 atom stereocenters. The lowest BCUT2D eigenvalue weighted by Gasteiger charge is -2.20. The van der Waals surface area contributed by atoms with E-state index in [1.807, 2.05) is 0 Å². The van der Waals surface area contributed by atoms with E-state index in [2.05, 4.69) is 5.32 Å². The van der Waals surface area contributed by atoms with E-state index in [-0.39, 0.29) is 23.0 Å². The summed E-state index contributed by atoms with van der Waals surface area (Å²) in [6.07, 6.45) is 3.75. The van der Waals surface area contributed by atoms with E-state index in [0.717, 1.165) is 25.7 Å². The summed E-state index contributed by atoms with van der Waals surface area (Å²) in [6, 6.07) is 10.9. The Labute approximate surface area is 188 Å². The zero-order chi connectivity index (χ0) is 23.1. The quantitative estimate of drug-likeness (QED) is 0.605. The molecule has 9 heteroatoms. The number of sulfonamides is 1. The monoisotopic (exact) mass is 460 g/mol. The Bertz CT molecular complexity index is 1080. The number of carbonyl (C=O) groups is 2. The number of amides is 1. The van der Waals surface area contributed by atoms with Crippen molar-refractivity contribution in [2.45, 2.75) is 37.5 Å². The zero-order valence-electron chi connectivity index (χ0n) is 18.3. The molecule has 0 saturated carbocycles. The molecule has 0 spiro atoms. The minimum absolute atomic E-state index is 0.145. The van der Waals surface area contributed by atoms with Gasteiger partial charge in [0.15, 0.2) is 12.4 Å². The second kappa shape index (κ2) is 10.6. The van der Waals surface area contributed by atoms with Crippen molar-refractivity contribution in [2.24, 2.45) is 0 Å². The third-order valence-corrected chi connectivity index (χ3v) is 7.14. The summed E-state index contributed by atoms with van der Waals surface area (Å²) in [5, 5.41) is 2.65. The molecule has 2 aromatic carbocycles. The second-order valence-corrected chi connectivity index (χ2v) is 9.54. The van der Waals surface area contributed by atoms with Crippen LogP contribution in [0.15, 0.2) is 47.4 Å². The van der Waals surface area contributed by atoms with E-state index in [4.69, 9.17) is 9.47 Å². The van der Waals surface area contributed by atoms with Crippen molar-refractivity contribution in [1.29, 1.82) is 0 Å². The van der Waals surface area contributed by atoms with E-state index < -0.39 is 15.9 Å². The van der Waals surface area contributed by atoms with Crippen LogP contribution < -0.4 is 14.8 Å². The van der Waals surface area contributed by atoms with Gasteiger partial charge in [-0.05, 0) is 56.2 Å². The SMILES string of the molecule is COc1ccc(OCC(=O)Nc2cccc(S(=O)(=O)N3CCCCCC3)c2)c(C(C)=O)c1. The number of rotatable bonds is 8. The van der Waals surface area contributed by atoms with Crippen molar-refractivity contribution in [1.82, 2.24) is 4.31 Å². The lowest BCUT2D eigenvalue weighted by molar-refractivity contribution is -0.118. The van der Waals surface area contributed by atoms with Gasteiger partial charge in [-0.2, -0.15) is 4.31 Å². The van der Waals surface area contributed by atoms with Gasteiger partial charge in [0.05, 0.1) is 17.6 Å². The van der Waals surface area contributed by atoms with Crippen LogP contribution in [0.4, 0.5) is 5.69 Å². The van der Waals surface area contributed by atoms with Gasteiger partial charge in [-0.25, -0.2) is 8.42 Å². The van der Waals surface area contributed by atoms with Crippen molar-refractivity contribution in [3.05, 3.63) is 48.0 Å². The molecule has 3 rings (SSSR count). The third-order valence-electron chi connectivity index (χ3n) is 5.25. The molecule has 1 saturated heterocycles. The van der Waals surface area contributed by atoms with Gasteiger partial charge in [0.2, 0.25) is 10.0 Å². The summed E-state index contributed by atoms with van der Waals surface area (Å²) in [5.74, 6) is 0.0887. The number of benzene rings is 2. The number of methoxy groups -OCH3 is 1. The summed E-state index contributed by atoms with van der Waals surface area (Å²) in [4.78, 5) is 24.4. The first kappa shape index (κ1) is 23.7. The molecule has 1 aliphatic heterocycles. The molecule has 0 aromatic heterocycles. The Morgan fingerprint density at radius 2 is 1.75 bits per heavy atom. The lowest BCUT2D eigenvalue weighted by Crippen LogP contribution is -2.32. The Morgan fingerprint density at radius 3 is 2.41 bits per heavy atom. The Hall–Kier alpha value is -2.91. The van der Waals surface area contributed by atoms with E-state index in [9.17, 15) is 18.0 Å².